The van der Waals surface area contributed by atoms with Crippen LogP contribution in [0.2, 0.25) is 0 Å². The summed E-state index contributed by atoms with van der Waals surface area (Å²) in [6, 6.07) is 8.72. The molecule has 5 nitrogen and oxygen atoms in total. The first-order chi connectivity index (χ1) is 11.7. The van der Waals surface area contributed by atoms with Crippen LogP contribution in [0.3, 0.4) is 0 Å². The molecule has 144 valence electrons. The van der Waals surface area contributed by atoms with Crippen LogP contribution < -0.4 is 10.6 Å². The zero-order valence-electron chi connectivity index (χ0n) is 16.2. The van der Waals surface area contributed by atoms with Gasteiger partial charge in [-0.3, -0.25) is 4.99 Å². The highest BCUT2D eigenvalue weighted by atomic mass is 127. The molecule has 0 heterocycles. The third kappa shape index (κ3) is 11.4. The SMILES string of the molecule is CCOCCCCNC(=NC)NCc1cccc(CN(C)CC)c1.I. The Balaban J connectivity index is 0.00000576. The molecule has 0 aromatic heterocycles. The number of halogens is 1. The van der Waals surface area contributed by atoms with Gasteiger partial charge in [-0.25, -0.2) is 0 Å². The summed E-state index contributed by atoms with van der Waals surface area (Å²) < 4.78 is 5.34. The summed E-state index contributed by atoms with van der Waals surface area (Å²) in [4.78, 5) is 6.58. The molecule has 1 aromatic rings. The quantitative estimate of drug-likeness (QED) is 0.230. The lowest BCUT2D eigenvalue weighted by atomic mass is 10.1. The summed E-state index contributed by atoms with van der Waals surface area (Å²) in [6.45, 7) is 9.57. The van der Waals surface area contributed by atoms with Gasteiger partial charge in [0.15, 0.2) is 5.96 Å². The Morgan fingerprint density at radius 3 is 2.60 bits per heavy atom. The zero-order valence-corrected chi connectivity index (χ0v) is 18.5. The minimum absolute atomic E-state index is 0. The molecule has 0 fully saturated rings. The fourth-order valence-corrected chi connectivity index (χ4v) is 2.35. The molecule has 0 aliphatic heterocycles. The van der Waals surface area contributed by atoms with Gasteiger partial charge in [0, 0.05) is 39.9 Å². The van der Waals surface area contributed by atoms with Gasteiger partial charge in [0.2, 0.25) is 0 Å². The van der Waals surface area contributed by atoms with Crippen molar-refractivity contribution in [3.8, 4) is 0 Å². The van der Waals surface area contributed by atoms with E-state index in [4.69, 9.17) is 4.74 Å². The normalized spacial score (nSPS) is 11.3. The molecule has 1 aromatic carbocycles. The van der Waals surface area contributed by atoms with Gasteiger partial charge < -0.3 is 20.3 Å². The van der Waals surface area contributed by atoms with E-state index in [0.29, 0.717) is 0 Å². The standard InChI is InChI=1S/C19H34N4O.HI/c1-5-23(4)16-18-11-9-10-17(14-18)15-22-19(20-3)21-12-7-8-13-24-6-2;/h9-11,14H,5-8,12-13,15-16H2,1-4H3,(H2,20,21,22);1H. The van der Waals surface area contributed by atoms with Gasteiger partial charge in [-0.15, -0.1) is 24.0 Å². The van der Waals surface area contributed by atoms with Gasteiger partial charge in [-0.2, -0.15) is 0 Å². The Morgan fingerprint density at radius 1 is 1.16 bits per heavy atom. The molecule has 6 heteroatoms. The molecule has 0 unspecified atom stereocenters. The number of guanidine groups is 1. The van der Waals surface area contributed by atoms with E-state index in [1.54, 1.807) is 0 Å². The molecule has 0 aliphatic carbocycles. The van der Waals surface area contributed by atoms with Crippen LogP contribution >= 0.6 is 24.0 Å². The maximum atomic E-state index is 5.34. The second kappa shape index (κ2) is 15.4. The molecule has 0 saturated carbocycles. The maximum Gasteiger partial charge on any atom is 0.191 e. The second-order valence-corrected chi connectivity index (χ2v) is 5.91. The molecule has 0 spiro atoms. The minimum Gasteiger partial charge on any atom is -0.382 e. The van der Waals surface area contributed by atoms with E-state index in [2.05, 4.69) is 58.8 Å². The molecule has 0 atom stereocenters. The third-order valence-electron chi connectivity index (χ3n) is 3.88. The molecule has 0 amide bonds. The molecule has 0 radical (unpaired) electrons. The number of nitrogens with one attached hydrogen (secondary N) is 2. The number of rotatable bonds is 11. The zero-order chi connectivity index (χ0) is 17.6. The molecule has 0 saturated heterocycles. The lowest BCUT2D eigenvalue weighted by Crippen LogP contribution is -2.37. The second-order valence-electron chi connectivity index (χ2n) is 5.91. The summed E-state index contributed by atoms with van der Waals surface area (Å²) >= 11 is 0. The third-order valence-corrected chi connectivity index (χ3v) is 3.88. The van der Waals surface area contributed by atoms with Crippen molar-refractivity contribution in [2.45, 2.75) is 39.8 Å². The van der Waals surface area contributed by atoms with Gasteiger partial charge >= 0.3 is 0 Å². The van der Waals surface area contributed by atoms with Crippen LogP contribution in [0.1, 0.15) is 37.8 Å². The lowest BCUT2D eigenvalue weighted by Gasteiger charge is -2.15. The summed E-state index contributed by atoms with van der Waals surface area (Å²) in [6.07, 6.45) is 2.16. The molecule has 2 N–H and O–H groups in total. The molecular weight excluding hydrogens is 427 g/mol. The highest BCUT2D eigenvalue weighted by Crippen LogP contribution is 2.07. The highest BCUT2D eigenvalue weighted by Gasteiger charge is 2.01. The first-order valence-electron chi connectivity index (χ1n) is 8.98. The average Bonchev–Trinajstić information content (AvgIpc) is 2.60. The molecule has 0 aliphatic rings. The van der Waals surface area contributed by atoms with Crippen molar-refractivity contribution in [3.05, 3.63) is 35.4 Å². The number of hydrogen-bond donors (Lipinski definition) is 2. The monoisotopic (exact) mass is 462 g/mol. The van der Waals surface area contributed by atoms with Crippen molar-refractivity contribution < 1.29 is 4.74 Å². The number of nitrogens with zero attached hydrogens (tertiary/aromatic N) is 2. The summed E-state index contributed by atoms with van der Waals surface area (Å²) in [5, 5.41) is 6.72. The summed E-state index contributed by atoms with van der Waals surface area (Å²) in [7, 11) is 3.95. The summed E-state index contributed by atoms with van der Waals surface area (Å²) in [5.41, 5.74) is 2.62. The largest absolute Gasteiger partial charge is 0.382 e. The number of unbranched alkanes of at least 4 members (excludes halogenated alkanes) is 1. The molecule has 0 bridgehead atoms. The Kier molecular flexibility index (Phi) is 14.9. The molecular formula is C19H35IN4O. The smallest absolute Gasteiger partial charge is 0.191 e. The van der Waals surface area contributed by atoms with Crippen molar-refractivity contribution in [1.29, 1.82) is 0 Å². The number of benzene rings is 1. The first-order valence-corrected chi connectivity index (χ1v) is 8.98. The van der Waals surface area contributed by atoms with Crippen molar-refractivity contribution in [2.24, 2.45) is 4.99 Å². The molecule has 25 heavy (non-hydrogen) atoms. The van der Waals surface area contributed by atoms with E-state index < -0.39 is 0 Å². The minimum atomic E-state index is 0. The first kappa shape index (κ1) is 24.1. The van der Waals surface area contributed by atoms with Gasteiger partial charge in [0.1, 0.15) is 0 Å². The number of aliphatic imine (C=N–C) groups is 1. The fraction of sp³-hybridized carbons (Fsp3) is 0.632. The van der Waals surface area contributed by atoms with E-state index in [-0.39, 0.29) is 24.0 Å². The van der Waals surface area contributed by atoms with E-state index in [9.17, 15) is 0 Å². The van der Waals surface area contributed by atoms with Gasteiger partial charge in [0.25, 0.3) is 0 Å². The number of hydrogen-bond acceptors (Lipinski definition) is 3. The lowest BCUT2D eigenvalue weighted by molar-refractivity contribution is 0.143. The van der Waals surface area contributed by atoms with Crippen molar-refractivity contribution >= 4 is 29.9 Å². The van der Waals surface area contributed by atoms with Crippen LogP contribution in [0.15, 0.2) is 29.3 Å². The maximum absolute atomic E-state index is 5.34. The predicted molar refractivity (Wildman–Crippen MR) is 118 cm³/mol. The molecule has 1 rings (SSSR count). The van der Waals surface area contributed by atoms with E-state index in [1.165, 1.54) is 11.1 Å². The van der Waals surface area contributed by atoms with Crippen LogP contribution in [-0.2, 0) is 17.8 Å². The van der Waals surface area contributed by atoms with E-state index >= 15 is 0 Å². The summed E-state index contributed by atoms with van der Waals surface area (Å²) in [5.74, 6) is 0.850. The van der Waals surface area contributed by atoms with Crippen LogP contribution in [-0.4, -0.2) is 51.3 Å². The average molecular weight is 462 g/mol. The van der Waals surface area contributed by atoms with Crippen LogP contribution in [0, 0.1) is 0 Å². The van der Waals surface area contributed by atoms with E-state index in [1.807, 2.05) is 14.0 Å². The highest BCUT2D eigenvalue weighted by molar-refractivity contribution is 14.0. The van der Waals surface area contributed by atoms with Crippen LogP contribution in [0.25, 0.3) is 0 Å². The Morgan fingerprint density at radius 2 is 1.92 bits per heavy atom. The van der Waals surface area contributed by atoms with Gasteiger partial charge in [0.05, 0.1) is 0 Å². The van der Waals surface area contributed by atoms with Gasteiger partial charge in [-0.05, 0) is 44.5 Å². The van der Waals surface area contributed by atoms with E-state index in [0.717, 1.165) is 58.2 Å². The fourth-order valence-electron chi connectivity index (χ4n) is 2.35. The van der Waals surface area contributed by atoms with Crippen molar-refractivity contribution in [1.82, 2.24) is 15.5 Å². The Hall–Kier alpha value is -0.860. The van der Waals surface area contributed by atoms with Crippen LogP contribution in [0.4, 0.5) is 0 Å². The Labute approximate surface area is 170 Å². The van der Waals surface area contributed by atoms with Crippen molar-refractivity contribution in [3.63, 3.8) is 0 Å². The predicted octanol–water partition coefficient (Wildman–Crippen LogP) is 3.24. The topological polar surface area (TPSA) is 48.9 Å². The van der Waals surface area contributed by atoms with Crippen molar-refractivity contribution in [2.75, 3.05) is 40.4 Å². The Bertz CT molecular complexity index is 482. The van der Waals surface area contributed by atoms with Gasteiger partial charge in [-0.1, -0.05) is 31.2 Å². The van der Waals surface area contributed by atoms with Crippen LogP contribution in [0.5, 0.6) is 0 Å². The number of ether oxygens (including phenoxy) is 1.